The summed E-state index contributed by atoms with van der Waals surface area (Å²) < 4.78 is 0. The molecule has 0 saturated carbocycles. The topological polar surface area (TPSA) is 0 Å². The van der Waals surface area contributed by atoms with Crippen molar-refractivity contribution < 1.29 is 0 Å². The van der Waals surface area contributed by atoms with Gasteiger partial charge in [0.15, 0.2) is 0 Å². The molecule has 0 heteroatoms. The molecule has 0 aliphatic heterocycles. The third kappa shape index (κ3) is 3.06. The zero-order valence-corrected chi connectivity index (χ0v) is 8.75. The third-order valence-corrected chi connectivity index (χ3v) is 2.21. The van der Waals surface area contributed by atoms with Gasteiger partial charge >= 0.3 is 0 Å². The zero-order valence-electron chi connectivity index (χ0n) is 8.75. The highest BCUT2D eigenvalue weighted by Crippen LogP contribution is 2.15. The van der Waals surface area contributed by atoms with Gasteiger partial charge in [-0.05, 0) is 30.4 Å². The van der Waals surface area contributed by atoms with E-state index in [4.69, 9.17) is 0 Å². The van der Waals surface area contributed by atoms with Crippen molar-refractivity contribution in [2.24, 2.45) is 0 Å². The first-order valence-electron chi connectivity index (χ1n) is 4.94. The molecule has 0 fully saturated rings. The van der Waals surface area contributed by atoms with E-state index in [9.17, 15) is 0 Å². The Kier molecular flexibility index (Phi) is 3.75. The first-order valence-corrected chi connectivity index (χ1v) is 4.94. The molecule has 0 amide bonds. The second-order valence-electron chi connectivity index (χ2n) is 3.67. The van der Waals surface area contributed by atoms with Crippen molar-refractivity contribution in [1.29, 1.82) is 0 Å². The van der Waals surface area contributed by atoms with Crippen molar-refractivity contribution in [3.8, 4) is 0 Å². The SMILES string of the molecule is CC=CCc1cccc(C(C)C)c1. The van der Waals surface area contributed by atoms with E-state index in [1.165, 1.54) is 11.1 Å². The van der Waals surface area contributed by atoms with E-state index in [1.807, 2.05) is 0 Å². The third-order valence-electron chi connectivity index (χ3n) is 2.21. The Balaban J connectivity index is 2.79. The Morgan fingerprint density at radius 3 is 2.69 bits per heavy atom. The van der Waals surface area contributed by atoms with Crippen LogP contribution in [0, 0.1) is 0 Å². The first kappa shape index (κ1) is 10.0. The lowest BCUT2D eigenvalue weighted by Crippen LogP contribution is -1.89. The van der Waals surface area contributed by atoms with Crippen LogP contribution < -0.4 is 0 Å². The summed E-state index contributed by atoms with van der Waals surface area (Å²) in [5.74, 6) is 0.630. The van der Waals surface area contributed by atoms with Gasteiger partial charge < -0.3 is 0 Å². The zero-order chi connectivity index (χ0) is 9.68. The van der Waals surface area contributed by atoms with Crippen molar-refractivity contribution in [1.82, 2.24) is 0 Å². The Morgan fingerprint density at radius 1 is 1.31 bits per heavy atom. The van der Waals surface area contributed by atoms with Gasteiger partial charge in [0.2, 0.25) is 0 Å². The largest absolute Gasteiger partial charge is 0.0913 e. The molecule has 0 atom stereocenters. The Bertz CT molecular complexity index is 282. The van der Waals surface area contributed by atoms with E-state index in [0.717, 1.165) is 6.42 Å². The highest BCUT2D eigenvalue weighted by molar-refractivity contribution is 5.27. The molecule has 0 saturated heterocycles. The fraction of sp³-hybridized carbons (Fsp3) is 0.385. The van der Waals surface area contributed by atoms with E-state index in [0.29, 0.717) is 5.92 Å². The van der Waals surface area contributed by atoms with Crippen LogP contribution in [-0.4, -0.2) is 0 Å². The molecule has 70 valence electrons. The van der Waals surface area contributed by atoms with Crippen LogP contribution in [0.1, 0.15) is 37.8 Å². The van der Waals surface area contributed by atoms with Crippen molar-refractivity contribution in [3.63, 3.8) is 0 Å². The second-order valence-corrected chi connectivity index (χ2v) is 3.67. The minimum Gasteiger partial charge on any atom is -0.0913 e. The molecule has 0 aliphatic rings. The Morgan fingerprint density at radius 2 is 2.08 bits per heavy atom. The van der Waals surface area contributed by atoms with E-state index in [2.05, 4.69) is 57.2 Å². The van der Waals surface area contributed by atoms with Gasteiger partial charge in [-0.3, -0.25) is 0 Å². The van der Waals surface area contributed by atoms with Gasteiger partial charge in [0.1, 0.15) is 0 Å². The molecular weight excluding hydrogens is 156 g/mol. The molecule has 0 aliphatic carbocycles. The lowest BCUT2D eigenvalue weighted by Gasteiger charge is -2.06. The second kappa shape index (κ2) is 4.86. The molecule has 0 unspecified atom stereocenters. The van der Waals surface area contributed by atoms with E-state index < -0.39 is 0 Å². The summed E-state index contributed by atoms with van der Waals surface area (Å²) in [4.78, 5) is 0. The number of hydrogen-bond acceptors (Lipinski definition) is 0. The monoisotopic (exact) mass is 174 g/mol. The highest BCUT2D eigenvalue weighted by Gasteiger charge is 1.98. The molecule has 0 spiro atoms. The summed E-state index contributed by atoms with van der Waals surface area (Å²) in [6.07, 6.45) is 5.35. The van der Waals surface area contributed by atoms with Crippen molar-refractivity contribution in [2.75, 3.05) is 0 Å². The van der Waals surface area contributed by atoms with Crippen LogP contribution >= 0.6 is 0 Å². The van der Waals surface area contributed by atoms with E-state index in [1.54, 1.807) is 0 Å². The average Bonchev–Trinajstić information content (AvgIpc) is 2.15. The van der Waals surface area contributed by atoms with Crippen LogP contribution in [0.25, 0.3) is 0 Å². The van der Waals surface area contributed by atoms with Crippen LogP contribution in [0.5, 0.6) is 0 Å². The molecule has 1 aromatic carbocycles. The Labute approximate surface area is 81.3 Å². The number of benzene rings is 1. The average molecular weight is 174 g/mol. The molecule has 0 bridgehead atoms. The highest BCUT2D eigenvalue weighted by atomic mass is 14.0. The number of hydrogen-bond donors (Lipinski definition) is 0. The minimum absolute atomic E-state index is 0.630. The van der Waals surface area contributed by atoms with Crippen LogP contribution in [0.3, 0.4) is 0 Å². The number of allylic oxidation sites excluding steroid dienone is 2. The van der Waals surface area contributed by atoms with Gasteiger partial charge in [0.25, 0.3) is 0 Å². The standard InChI is InChI=1S/C13H18/c1-4-5-7-12-8-6-9-13(10-12)11(2)3/h4-6,8-11H,7H2,1-3H3. The van der Waals surface area contributed by atoms with Crippen molar-refractivity contribution >= 4 is 0 Å². The van der Waals surface area contributed by atoms with Crippen molar-refractivity contribution in [3.05, 3.63) is 47.5 Å². The van der Waals surface area contributed by atoms with E-state index >= 15 is 0 Å². The van der Waals surface area contributed by atoms with Gasteiger partial charge in [-0.15, -0.1) is 0 Å². The smallest absolute Gasteiger partial charge is 0.00975 e. The normalized spacial score (nSPS) is 11.4. The lowest BCUT2D eigenvalue weighted by atomic mass is 10.00. The molecule has 0 aromatic heterocycles. The predicted molar refractivity (Wildman–Crippen MR) is 59.0 cm³/mol. The van der Waals surface area contributed by atoms with Crippen LogP contribution in [0.15, 0.2) is 36.4 Å². The maximum Gasteiger partial charge on any atom is -0.00975 e. The molecule has 13 heavy (non-hydrogen) atoms. The van der Waals surface area contributed by atoms with E-state index in [-0.39, 0.29) is 0 Å². The van der Waals surface area contributed by atoms with Gasteiger partial charge in [-0.1, -0.05) is 50.3 Å². The summed E-state index contributed by atoms with van der Waals surface area (Å²) in [5, 5.41) is 0. The molecule has 0 heterocycles. The number of rotatable bonds is 3. The van der Waals surface area contributed by atoms with Crippen LogP contribution in [0.2, 0.25) is 0 Å². The van der Waals surface area contributed by atoms with Gasteiger partial charge in [0, 0.05) is 0 Å². The summed E-state index contributed by atoms with van der Waals surface area (Å²) in [5.41, 5.74) is 2.84. The fourth-order valence-corrected chi connectivity index (χ4v) is 1.33. The summed E-state index contributed by atoms with van der Waals surface area (Å²) in [6, 6.07) is 8.83. The fourth-order valence-electron chi connectivity index (χ4n) is 1.33. The summed E-state index contributed by atoms with van der Waals surface area (Å²) >= 11 is 0. The lowest BCUT2D eigenvalue weighted by molar-refractivity contribution is 0.864. The molecule has 1 aromatic rings. The molecule has 0 radical (unpaired) electrons. The Hall–Kier alpha value is -1.04. The van der Waals surface area contributed by atoms with Crippen LogP contribution in [-0.2, 0) is 6.42 Å². The van der Waals surface area contributed by atoms with Crippen molar-refractivity contribution in [2.45, 2.75) is 33.1 Å². The maximum atomic E-state index is 2.30. The van der Waals surface area contributed by atoms with Gasteiger partial charge in [-0.25, -0.2) is 0 Å². The molecule has 0 nitrogen and oxygen atoms in total. The molecule has 1 rings (SSSR count). The molecular formula is C13H18. The van der Waals surface area contributed by atoms with Gasteiger partial charge in [-0.2, -0.15) is 0 Å². The van der Waals surface area contributed by atoms with Gasteiger partial charge in [0.05, 0.1) is 0 Å². The predicted octanol–water partition coefficient (Wildman–Crippen LogP) is 3.93. The summed E-state index contributed by atoms with van der Waals surface area (Å²) in [6.45, 7) is 6.52. The summed E-state index contributed by atoms with van der Waals surface area (Å²) in [7, 11) is 0. The first-order chi connectivity index (χ1) is 6.24. The quantitative estimate of drug-likeness (QED) is 0.609. The van der Waals surface area contributed by atoms with Crippen LogP contribution in [0.4, 0.5) is 0 Å². The maximum absolute atomic E-state index is 2.30. The minimum atomic E-state index is 0.630. The molecule has 0 N–H and O–H groups in total.